The minimum Gasteiger partial charge on any atom is -0.359 e. The fraction of sp³-hybridized carbons (Fsp3) is 0.941. The molecule has 0 aromatic heterocycles. The van der Waals surface area contributed by atoms with Crippen LogP contribution in [0.25, 0.3) is 0 Å². The van der Waals surface area contributed by atoms with Crippen molar-refractivity contribution in [2.45, 2.75) is 75.3 Å². The molecule has 4 bridgehead atoms. The molecule has 5 aliphatic carbocycles. The Morgan fingerprint density at radius 3 is 2.15 bits per heavy atom. The molecular formula is C17H26N2S. The van der Waals surface area contributed by atoms with Crippen molar-refractivity contribution in [3.05, 3.63) is 0 Å². The van der Waals surface area contributed by atoms with E-state index < -0.39 is 0 Å². The van der Waals surface area contributed by atoms with Crippen molar-refractivity contribution in [2.75, 3.05) is 5.75 Å². The average molecular weight is 290 g/mol. The topological polar surface area (TPSA) is 24.4 Å². The zero-order chi connectivity index (χ0) is 13.2. The van der Waals surface area contributed by atoms with Gasteiger partial charge in [-0.25, -0.2) is 0 Å². The Bertz CT molecular complexity index is 415. The number of nitrogens with one attached hydrogen (secondary N) is 1. The van der Waals surface area contributed by atoms with Crippen molar-refractivity contribution in [3.8, 4) is 0 Å². The first-order valence-electron chi connectivity index (χ1n) is 8.74. The summed E-state index contributed by atoms with van der Waals surface area (Å²) in [6.07, 6.45) is 14.4. The fourth-order valence-corrected chi connectivity index (χ4v) is 7.63. The minimum absolute atomic E-state index is 0.343. The molecule has 110 valence electrons. The summed E-state index contributed by atoms with van der Waals surface area (Å²) in [5.74, 6) is 4.34. The summed E-state index contributed by atoms with van der Waals surface area (Å²) < 4.78 is 0. The number of thioether (sulfide) groups is 1. The Morgan fingerprint density at radius 1 is 0.950 bits per heavy atom. The van der Waals surface area contributed by atoms with Crippen LogP contribution in [0, 0.1) is 17.8 Å². The summed E-state index contributed by atoms with van der Waals surface area (Å²) in [4.78, 5) is 5.16. The van der Waals surface area contributed by atoms with Crippen molar-refractivity contribution in [1.29, 1.82) is 0 Å². The Balaban J connectivity index is 1.37. The van der Waals surface area contributed by atoms with Gasteiger partial charge in [-0.1, -0.05) is 24.6 Å². The lowest BCUT2D eigenvalue weighted by atomic mass is 9.53. The SMILES string of the molecule is C1CCC2(C1)CSC(NC13CC4CC(CC(C4)C1)C3)=N2. The molecule has 5 fully saturated rings. The van der Waals surface area contributed by atoms with Gasteiger partial charge in [-0.3, -0.25) is 4.99 Å². The van der Waals surface area contributed by atoms with Gasteiger partial charge >= 0.3 is 0 Å². The maximum Gasteiger partial charge on any atom is 0.157 e. The van der Waals surface area contributed by atoms with Crippen LogP contribution in [0.3, 0.4) is 0 Å². The number of rotatable bonds is 1. The van der Waals surface area contributed by atoms with Gasteiger partial charge in [0.25, 0.3) is 0 Å². The van der Waals surface area contributed by atoms with Crippen molar-refractivity contribution in [1.82, 2.24) is 5.32 Å². The van der Waals surface area contributed by atoms with E-state index in [0.29, 0.717) is 11.1 Å². The van der Waals surface area contributed by atoms with Gasteiger partial charge in [0, 0.05) is 11.3 Å². The van der Waals surface area contributed by atoms with Gasteiger partial charge in [-0.15, -0.1) is 0 Å². The van der Waals surface area contributed by atoms with E-state index in [1.807, 2.05) is 11.8 Å². The predicted octanol–water partition coefficient (Wildman–Crippen LogP) is 3.96. The van der Waals surface area contributed by atoms with Crippen molar-refractivity contribution >= 4 is 16.9 Å². The molecule has 2 nitrogen and oxygen atoms in total. The maximum absolute atomic E-state index is 5.16. The second-order valence-corrected chi connectivity index (χ2v) is 9.42. The molecule has 0 aromatic rings. The van der Waals surface area contributed by atoms with E-state index in [1.165, 1.54) is 75.1 Å². The van der Waals surface area contributed by atoms with Gasteiger partial charge in [0.1, 0.15) is 0 Å². The third-order valence-electron chi connectivity index (χ3n) is 6.76. The number of hydrogen-bond acceptors (Lipinski definition) is 3. The summed E-state index contributed by atoms with van der Waals surface area (Å²) in [5.41, 5.74) is 0.792. The zero-order valence-electron chi connectivity index (χ0n) is 12.4. The molecular weight excluding hydrogens is 264 g/mol. The molecule has 20 heavy (non-hydrogen) atoms. The molecule has 1 spiro atoms. The molecule has 5 saturated carbocycles. The number of nitrogens with zero attached hydrogens (tertiary/aromatic N) is 1. The van der Waals surface area contributed by atoms with Crippen LogP contribution in [-0.2, 0) is 0 Å². The van der Waals surface area contributed by atoms with E-state index in [4.69, 9.17) is 4.99 Å². The Kier molecular flexibility index (Phi) is 2.58. The van der Waals surface area contributed by atoms with E-state index >= 15 is 0 Å². The standard InChI is InChI=1S/C17H26N2S/c1-2-4-16(3-1)11-20-15(18-16)19-17-8-12-5-13(9-17)7-14(6-12)10-17/h12-14H,1-11H2,(H,18,19). The lowest BCUT2D eigenvalue weighted by molar-refractivity contribution is -0.00966. The second kappa shape index (κ2) is 4.18. The smallest absolute Gasteiger partial charge is 0.157 e. The van der Waals surface area contributed by atoms with Crippen molar-refractivity contribution < 1.29 is 0 Å². The van der Waals surface area contributed by atoms with E-state index in [2.05, 4.69) is 5.32 Å². The fourth-order valence-electron chi connectivity index (χ4n) is 6.33. The first-order chi connectivity index (χ1) is 9.73. The average Bonchev–Trinajstić information content (AvgIpc) is 2.98. The molecule has 6 rings (SSSR count). The highest BCUT2D eigenvalue weighted by molar-refractivity contribution is 8.14. The van der Waals surface area contributed by atoms with Crippen LogP contribution in [0.15, 0.2) is 4.99 Å². The lowest BCUT2D eigenvalue weighted by Crippen LogP contribution is -2.59. The van der Waals surface area contributed by atoms with Gasteiger partial charge in [0.2, 0.25) is 0 Å². The van der Waals surface area contributed by atoms with E-state index in [0.717, 1.165) is 17.8 Å². The third-order valence-corrected chi connectivity index (χ3v) is 7.91. The van der Waals surface area contributed by atoms with Gasteiger partial charge in [-0.05, 0) is 69.1 Å². The van der Waals surface area contributed by atoms with Crippen LogP contribution >= 0.6 is 11.8 Å². The molecule has 0 aromatic carbocycles. The van der Waals surface area contributed by atoms with Gasteiger partial charge in [-0.2, -0.15) is 0 Å². The molecule has 0 saturated heterocycles. The molecule has 0 radical (unpaired) electrons. The minimum atomic E-state index is 0.343. The summed E-state index contributed by atoms with van der Waals surface area (Å²) in [5, 5.41) is 5.30. The van der Waals surface area contributed by atoms with E-state index in [9.17, 15) is 0 Å². The van der Waals surface area contributed by atoms with E-state index in [-0.39, 0.29) is 0 Å². The molecule has 0 unspecified atom stereocenters. The predicted molar refractivity (Wildman–Crippen MR) is 85.1 cm³/mol. The van der Waals surface area contributed by atoms with Crippen molar-refractivity contribution in [3.63, 3.8) is 0 Å². The quantitative estimate of drug-likeness (QED) is 0.790. The van der Waals surface area contributed by atoms with E-state index in [1.54, 1.807) is 0 Å². The van der Waals surface area contributed by atoms with Gasteiger partial charge in [0.15, 0.2) is 5.17 Å². The monoisotopic (exact) mass is 290 g/mol. The lowest BCUT2D eigenvalue weighted by Gasteiger charge is -2.57. The van der Waals surface area contributed by atoms with Crippen LogP contribution < -0.4 is 5.32 Å². The zero-order valence-corrected chi connectivity index (χ0v) is 13.2. The summed E-state index contributed by atoms with van der Waals surface area (Å²) in [6.45, 7) is 0. The molecule has 1 heterocycles. The normalized spacial score (nSPS) is 48.0. The largest absolute Gasteiger partial charge is 0.359 e. The highest BCUT2D eigenvalue weighted by atomic mass is 32.2. The first kappa shape index (κ1) is 12.4. The van der Waals surface area contributed by atoms with Crippen LogP contribution in [0.5, 0.6) is 0 Å². The van der Waals surface area contributed by atoms with Crippen LogP contribution in [-0.4, -0.2) is 22.0 Å². The van der Waals surface area contributed by atoms with Crippen molar-refractivity contribution in [2.24, 2.45) is 22.7 Å². The maximum atomic E-state index is 5.16. The first-order valence-corrected chi connectivity index (χ1v) is 9.72. The van der Waals surface area contributed by atoms with Gasteiger partial charge in [0.05, 0.1) is 5.54 Å². The Morgan fingerprint density at radius 2 is 1.55 bits per heavy atom. The highest BCUT2D eigenvalue weighted by Crippen LogP contribution is 2.56. The number of amidine groups is 1. The van der Waals surface area contributed by atoms with Crippen LogP contribution in [0.4, 0.5) is 0 Å². The summed E-state index contributed by atoms with van der Waals surface area (Å²) in [7, 11) is 0. The molecule has 1 N–H and O–H groups in total. The number of aliphatic imine (C=N–C) groups is 1. The molecule has 0 amide bonds. The second-order valence-electron chi connectivity index (χ2n) is 8.46. The summed E-state index contributed by atoms with van der Waals surface area (Å²) in [6, 6.07) is 0. The highest BCUT2D eigenvalue weighted by Gasteiger charge is 2.52. The number of hydrogen-bond donors (Lipinski definition) is 1. The van der Waals surface area contributed by atoms with Crippen LogP contribution in [0.2, 0.25) is 0 Å². The van der Waals surface area contributed by atoms with Crippen LogP contribution in [0.1, 0.15) is 64.2 Å². The Labute approximate surface area is 126 Å². The van der Waals surface area contributed by atoms with Gasteiger partial charge < -0.3 is 5.32 Å². The molecule has 1 aliphatic heterocycles. The molecule has 3 heteroatoms. The third kappa shape index (κ3) is 1.88. The Hall–Kier alpha value is -0.180. The summed E-state index contributed by atoms with van der Waals surface area (Å²) >= 11 is 2.03. The molecule has 0 atom stereocenters. The molecule has 6 aliphatic rings.